The molecule has 0 aliphatic heterocycles. The maximum Gasteiger partial charge on any atom is 0.306 e. The lowest BCUT2D eigenvalue weighted by molar-refractivity contribution is -0.143. The van der Waals surface area contributed by atoms with Gasteiger partial charge in [-0.15, -0.1) is 5.10 Å². The summed E-state index contributed by atoms with van der Waals surface area (Å²) in [6.45, 7) is 9.11. The number of hydrogen-bond acceptors (Lipinski definition) is 9. The first kappa shape index (κ1) is 26.3. The molecule has 11 nitrogen and oxygen atoms in total. The summed E-state index contributed by atoms with van der Waals surface area (Å²) in [4.78, 5) is 24.8. The molecule has 1 saturated carbocycles. The first-order valence-electron chi connectivity index (χ1n) is 12.5. The van der Waals surface area contributed by atoms with E-state index in [1.54, 1.807) is 16.9 Å². The van der Waals surface area contributed by atoms with Gasteiger partial charge >= 0.3 is 5.97 Å². The summed E-state index contributed by atoms with van der Waals surface area (Å²) in [5.74, 6) is 0.506. The molecule has 0 spiro atoms. The third-order valence-electron chi connectivity index (χ3n) is 6.19. The van der Waals surface area contributed by atoms with Gasteiger partial charge in [0, 0.05) is 19.3 Å². The van der Waals surface area contributed by atoms with Gasteiger partial charge in [-0.2, -0.15) is 4.98 Å². The SMILES string of the molecule is Cc1nc(-c2nnn(C)c2CNc2nccc(OCC(C)(C)C)n2)ccc1O[C@H]1CCC[C@H](C(=O)O)C1. The van der Waals surface area contributed by atoms with Crippen LogP contribution in [0.5, 0.6) is 11.6 Å². The molecule has 1 aliphatic carbocycles. The van der Waals surface area contributed by atoms with Crippen LogP contribution in [0.2, 0.25) is 0 Å². The van der Waals surface area contributed by atoms with E-state index in [9.17, 15) is 9.90 Å². The van der Waals surface area contributed by atoms with Crippen LogP contribution in [-0.2, 0) is 18.4 Å². The van der Waals surface area contributed by atoms with Crippen LogP contribution < -0.4 is 14.8 Å². The van der Waals surface area contributed by atoms with E-state index in [1.165, 1.54) is 0 Å². The average Bonchev–Trinajstić information content (AvgIpc) is 3.23. The highest BCUT2D eigenvalue weighted by Gasteiger charge is 2.28. The maximum atomic E-state index is 11.4. The molecule has 0 bridgehead atoms. The van der Waals surface area contributed by atoms with E-state index in [2.05, 4.69) is 46.4 Å². The number of pyridine rings is 1. The summed E-state index contributed by atoms with van der Waals surface area (Å²) >= 11 is 0. The average molecular weight is 510 g/mol. The second-order valence-corrected chi connectivity index (χ2v) is 10.7. The minimum absolute atomic E-state index is 0.0246. The number of nitrogens with zero attached hydrogens (tertiary/aromatic N) is 6. The van der Waals surface area contributed by atoms with Crippen LogP contribution >= 0.6 is 0 Å². The fraction of sp³-hybridized carbons (Fsp3) is 0.538. The Bertz CT molecular complexity index is 1240. The minimum Gasteiger partial charge on any atom is -0.489 e. The number of hydrogen-bond donors (Lipinski definition) is 2. The summed E-state index contributed by atoms with van der Waals surface area (Å²) in [6, 6.07) is 5.46. The van der Waals surface area contributed by atoms with E-state index in [-0.39, 0.29) is 17.4 Å². The fourth-order valence-corrected chi connectivity index (χ4v) is 4.20. The summed E-state index contributed by atoms with van der Waals surface area (Å²) in [5, 5.41) is 21.1. The summed E-state index contributed by atoms with van der Waals surface area (Å²) < 4.78 is 13.6. The number of anilines is 1. The maximum absolute atomic E-state index is 11.4. The zero-order chi connectivity index (χ0) is 26.6. The normalized spacial score (nSPS) is 17.9. The first-order chi connectivity index (χ1) is 17.6. The second kappa shape index (κ2) is 11.1. The van der Waals surface area contributed by atoms with Crippen molar-refractivity contribution in [3.8, 4) is 23.0 Å². The molecule has 3 heterocycles. The fourth-order valence-electron chi connectivity index (χ4n) is 4.20. The number of aliphatic carboxylic acids is 1. The lowest BCUT2D eigenvalue weighted by Gasteiger charge is -2.27. The monoisotopic (exact) mass is 509 g/mol. The lowest BCUT2D eigenvalue weighted by atomic mass is 9.87. The Morgan fingerprint density at radius 3 is 2.76 bits per heavy atom. The van der Waals surface area contributed by atoms with Crippen LogP contribution in [0.3, 0.4) is 0 Å². The van der Waals surface area contributed by atoms with E-state index in [4.69, 9.17) is 14.5 Å². The molecule has 0 saturated heterocycles. The minimum atomic E-state index is -0.753. The van der Waals surface area contributed by atoms with E-state index in [1.807, 2.05) is 26.1 Å². The first-order valence-corrected chi connectivity index (χ1v) is 12.5. The van der Waals surface area contributed by atoms with E-state index in [0.29, 0.717) is 60.7 Å². The lowest BCUT2D eigenvalue weighted by Crippen LogP contribution is -2.29. The van der Waals surface area contributed by atoms with Gasteiger partial charge in [-0.25, -0.2) is 14.6 Å². The van der Waals surface area contributed by atoms with Crippen molar-refractivity contribution >= 4 is 11.9 Å². The van der Waals surface area contributed by atoms with Gasteiger partial charge in [0.1, 0.15) is 11.4 Å². The van der Waals surface area contributed by atoms with Crippen LogP contribution in [-0.4, -0.2) is 53.7 Å². The van der Waals surface area contributed by atoms with Crippen molar-refractivity contribution in [2.24, 2.45) is 18.4 Å². The van der Waals surface area contributed by atoms with Crippen LogP contribution in [0.25, 0.3) is 11.4 Å². The number of ether oxygens (including phenoxy) is 2. The van der Waals surface area contributed by atoms with Crippen LogP contribution in [0, 0.1) is 18.3 Å². The van der Waals surface area contributed by atoms with Crippen LogP contribution in [0.15, 0.2) is 24.4 Å². The van der Waals surface area contributed by atoms with Gasteiger partial charge in [-0.3, -0.25) is 4.79 Å². The molecule has 3 aromatic heterocycles. The number of aryl methyl sites for hydroxylation is 2. The quantitative estimate of drug-likeness (QED) is 0.435. The molecule has 0 unspecified atom stereocenters. The predicted molar refractivity (Wildman–Crippen MR) is 137 cm³/mol. The Labute approximate surface area is 216 Å². The van der Waals surface area contributed by atoms with Gasteiger partial charge in [0.15, 0.2) is 0 Å². The summed E-state index contributed by atoms with van der Waals surface area (Å²) in [5.41, 5.74) is 2.88. The summed E-state index contributed by atoms with van der Waals surface area (Å²) in [7, 11) is 1.82. The van der Waals surface area contributed by atoms with Crippen molar-refractivity contribution in [2.75, 3.05) is 11.9 Å². The highest BCUT2D eigenvalue weighted by Crippen LogP contribution is 2.30. The smallest absolute Gasteiger partial charge is 0.306 e. The predicted octanol–water partition coefficient (Wildman–Crippen LogP) is 4.03. The Morgan fingerprint density at radius 1 is 1.22 bits per heavy atom. The van der Waals surface area contributed by atoms with Crippen LogP contribution in [0.4, 0.5) is 5.95 Å². The second-order valence-electron chi connectivity index (χ2n) is 10.7. The third kappa shape index (κ3) is 6.93. The molecule has 0 amide bonds. The van der Waals surface area contributed by atoms with Crippen molar-refractivity contribution in [1.29, 1.82) is 0 Å². The van der Waals surface area contributed by atoms with Gasteiger partial charge in [-0.05, 0) is 50.2 Å². The number of nitrogens with one attached hydrogen (secondary N) is 1. The Hall–Kier alpha value is -3.76. The number of aromatic nitrogens is 6. The molecule has 2 N–H and O–H groups in total. The van der Waals surface area contributed by atoms with Crippen LogP contribution in [0.1, 0.15) is 57.8 Å². The molecule has 0 radical (unpaired) electrons. The van der Waals surface area contributed by atoms with Crippen molar-refractivity contribution in [2.45, 2.75) is 66.0 Å². The zero-order valence-electron chi connectivity index (χ0n) is 22.1. The molecular weight excluding hydrogens is 474 g/mol. The molecule has 2 atom stereocenters. The van der Waals surface area contributed by atoms with Gasteiger partial charge in [0.05, 0.1) is 42.3 Å². The molecule has 3 aromatic rings. The highest BCUT2D eigenvalue weighted by atomic mass is 16.5. The number of carboxylic acids is 1. The van der Waals surface area contributed by atoms with Crippen molar-refractivity contribution in [1.82, 2.24) is 29.9 Å². The molecule has 198 valence electrons. The molecule has 11 heteroatoms. The Kier molecular flexibility index (Phi) is 7.89. The number of rotatable bonds is 9. The van der Waals surface area contributed by atoms with Gasteiger partial charge in [-0.1, -0.05) is 26.0 Å². The van der Waals surface area contributed by atoms with E-state index >= 15 is 0 Å². The van der Waals surface area contributed by atoms with Crippen molar-refractivity contribution in [3.63, 3.8) is 0 Å². The highest BCUT2D eigenvalue weighted by molar-refractivity contribution is 5.70. The van der Waals surface area contributed by atoms with E-state index in [0.717, 1.165) is 18.5 Å². The number of carboxylic acid groups (broad SMARTS) is 1. The largest absolute Gasteiger partial charge is 0.489 e. The molecule has 37 heavy (non-hydrogen) atoms. The molecule has 0 aromatic carbocycles. The summed E-state index contributed by atoms with van der Waals surface area (Å²) in [6.07, 6.45) is 4.44. The molecule has 1 aliphatic rings. The molecule has 1 fully saturated rings. The Balaban J connectivity index is 1.44. The topological polar surface area (TPSA) is 137 Å². The Morgan fingerprint density at radius 2 is 2.03 bits per heavy atom. The van der Waals surface area contributed by atoms with E-state index < -0.39 is 5.97 Å². The third-order valence-corrected chi connectivity index (χ3v) is 6.19. The van der Waals surface area contributed by atoms with Crippen molar-refractivity contribution < 1.29 is 19.4 Å². The standard InChI is InChI=1S/C26H35N7O4/c1-16-21(37-18-8-6-7-17(13-18)24(34)35)10-9-19(29-16)23-20(33(5)32-31-23)14-28-25-27-12-11-22(30-25)36-15-26(2,3)4/h9-12,17-18H,6-8,13-15H2,1-5H3,(H,34,35)(H,27,28,30)/t17-,18-/m0/s1. The molecule has 4 rings (SSSR count). The van der Waals surface area contributed by atoms with Gasteiger partial charge in [0.2, 0.25) is 11.8 Å². The van der Waals surface area contributed by atoms with Gasteiger partial charge < -0.3 is 19.9 Å². The van der Waals surface area contributed by atoms with Crippen molar-refractivity contribution in [3.05, 3.63) is 35.8 Å². The molecular formula is C26H35N7O4. The number of carbonyl (C=O) groups is 1. The zero-order valence-corrected chi connectivity index (χ0v) is 22.1. The van der Waals surface area contributed by atoms with Gasteiger partial charge in [0.25, 0.3) is 0 Å².